The predicted molar refractivity (Wildman–Crippen MR) is 89.9 cm³/mol. The summed E-state index contributed by atoms with van der Waals surface area (Å²) < 4.78 is 5.51. The molecule has 122 valence electrons. The summed E-state index contributed by atoms with van der Waals surface area (Å²) in [4.78, 5) is 14.6. The molecular formula is C18H22N2O3. The van der Waals surface area contributed by atoms with E-state index in [1.807, 2.05) is 37.3 Å². The van der Waals surface area contributed by atoms with E-state index in [2.05, 4.69) is 10.2 Å². The van der Waals surface area contributed by atoms with E-state index < -0.39 is 0 Å². The van der Waals surface area contributed by atoms with Gasteiger partial charge >= 0.3 is 0 Å². The standard InChI is InChI=1S/C18H22N2O3/c1-2-14-7-8-17(23-14)18(22)19-15-5-3-4-6-16(15)20-11-9-13(21)10-12-20/h3-8,13,21H,2,9-12H2,1H3,(H,19,22). The van der Waals surface area contributed by atoms with Crippen molar-refractivity contribution < 1.29 is 14.3 Å². The predicted octanol–water partition coefficient (Wildman–Crippen LogP) is 3.06. The molecule has 0 spiro atoms. The summed E-state index contributed by atoms with van der Waals surface area (Å²) in [6.07, 6.45) is 2.05. The number of hydrogen-bond donors (Lipinski definition) is 2. The van der Waals surface area contributed by atoms with Gasteiger partial charge < -0.3 is 19.7 Å². The van der Waals surface area contributed by atoms with Crippen molar-refractivity contribution in [3.63, 3.8) is 0 Å². The first kappa shape index (κ1) is 15.6. The van der Waals surface area contributed by atoms with E-state index >= 15 is 0 Å². The average molecular weight is 314 g/mol. The molecule has 0 atom stereocenters. The van der Waals surface area contributed by atoms with Crippen molar-refractivity contribution in [2.45, 2.75) is 32.3 Å². The van der Waals surface area contributed by atoms with Crippen LogP contribution < -0.4 is 10.2 Å². The molecule has 1 aromatic carbocycles. The molecule has 1 aliphatic heterocycles. The lowest BCUT2D eigenvalue weighted by Gasteiger charge is -2.32. The van der Waals surface area contributed by atoms with Crippen molar-refractivity contribution in [3.8, 4) is 0 Å². The Morgan fingerprint density at radius 3 is 2.70 bits per heavy atom. The van der Waals surface area contributed by atoms with Gasteiger partial charge in [0, 0.05) is 19.5 Å². The maximum absolute atomic E-state index is 12.4. The number of hydrogen-bond acceptors (Lipinski definition) is 4. The van der Waals surface area contributed by atoms with Crippen molar-refractivity contribution in [2.24, 2.45) is 0 Å². The highest BCUT2D eigenvalue weighted by Crippen LogP contribution is 2.28. The van der Waals surface area contributed by atoms with Gasteiger partial charge in [-0.05, 0) is 37.1 Å². The first-order valence-electron chi connectivity index (χ1n) is 8.09. The van der Waals surface area contributed by atoms with E-state index in [0.717, 1.165) is 49.5 Å². The first-order chi connectivity index (χ1) is 11.2. The van der Waals surface area contributed by atoms with Crippen molar-refractivity contribution in [3.05, 3.63) is 47.9 Å². The topological polar surface area (TPSA) is 65.7 Å². The zero-order chi connectivity index (χ0) is 16.2. The number of para-hydroxylation sites is 2. The summed E-state index contributed by atoms with van der Waals surface area (Å²) in [5.74, 6) is 0.883. The summed E-state index contributed by atoms with van der Waals surface area (Å²) in [5.41, 5.74) is 1.75. The van der Waals surface area contributed by atoms with Gasteiger partial charge in [-0.15, -0.1) is 0 Å². The second kappa shape index (κ2) is 6.87. The van der Waals surface area contributed by atoms with E-state index in [4.69, 9.17) is 4.42 Å². The molecule has 23 heavy (non-hydrogen) atoms. The number of rotatable bonds is 4. The van der Waals surface area contributed by atoms with Crippen LogP contribution in [-0.4, -0.2) is 30.2 Å². The van der Waals surface area contributed by atoms with Gasteiger partial charge in [-0.1, -0.05) is 19.1 Å². The third-order valence-corrected chi connectivity index (χ3v) is 4.19. The Hall–Kier alpha value is -2.27. The van der Waals surface area contributed by atoms with Crippen LogP contribution in [0.4, 0.5) is 11.4 Å². The molecule has 1 fully saturated rings. The highest BCUT2D eigenvalue weighted by Gasteiger charge is 2.20. The lowest BCUT2D eigenvalue weighted by atomic mass is 10.1. The molecule has 5 heteroatoms. The highest BCUT2D eigenvalue weighted by atomic mass is 16.3. The Labute approximate surface area is 135 Å². The SMILES string of the molecule is CCc1ccc(C(=O)Nc2ccccc2N2CCC(O)CC2)o1. The van der Waals surface area contributed by atoms with Crippen molar-refractivity contribution in [1.82, 2.24) is 0 Å². The Balaban J connectivity index is 1.76. The van der Waals surface area contributed by atoms with E-state index in [-0.39, 0.29) is 12.0 Å². The second-order valence-corrected chi connectivity index (χ2v) is 5.81. The molecule has 0 aliphatic carbocycles. The highest BCUT2D eigenvalue weighted by molar-refractivity contribution is 6.04. The van der Waals surface area contributed by atoms with E-state index in [1.54, 1.807) is 6.07 Å². The molecule has 2 aromatic rings. The van der Waals surface area contributed by atoms with Gasteiger partial charge in [-0.2, -0.15) is 0 Å². The number of carbonyl (C=O) groups is 1. The van der Waals surface area contributed by atoms with Gasteiger partial charge in [-0.25, -0.2) is 0 Å². The Kier molecular flexibility index (Phi) is 4.67. The minimum atomic E-state index is -0.241. The number of nitrogens with zero attached hydrogens (tertiary/aromatic N) is 1. The molecule has 1 aliphatic rings. The molecular weight excluding hydrogens is 292 g/mol. The van der Waals surface area contributed by atoms with Gasteiger partial charge in [0.2, 0.25) is 0 Å². The molecule has 5 nitrogen and oxygen atoms in total. The van der Waals surface area contributed by atoms with Crippen LogP contribution in [0.2, 0.25) is 0 Å². The number of anilines is 2. The number of amides is 1. The number of benzene rings is 1. The zero-order valence-corrected chi connectivity index (χ0v) is 13.3. The summed E-state index contributed by atoms with van der Waals surface area (Å²) in [6.45, 7) is 3.56. The molecule has 1 saturated heterocycles. The van der Waals surface area contributed by atoms with E-state index in [1.165, 1.54) is 0 Å². The largest absolute Gasteiger partial charge is 0.456 e. The lowest BCUT2D eigenvalue weighted by molar-refractivity contribution is 0.0995. The maximum atomic E-state index is 12.4. The molecule has 2 N–H and O–H groups in total. The fraction of sp³-hybridized carbons (Fsp3) is 0.389. The third kappa shape index (κ3) is 3.56. The number of piperidine rings is 1. The quantitative estimate of drug-likeness (QED) is 0.910. The number of aryl methyl sites for hydroxylation is 1. The zero-order valence-electron chi connectivity index (χ0n) is 13.3. The number of nitrogens with one attached hydrogen (secondary N) is 1. The molecule has 0 radical (unpaired) electrons. The second-order valence-electron chi connectivity index (χ2n) is 5.81. The molecule has 0 bridgehead atoms. The van der Waals surface area contributed by atoms with Crippen LogP contribution in [0.25, 0.3) is 0 Å². The fourth-order valence-electron chi connectivity index (χ4n) is 2.84. The Morgan fingerprint density at radius 1 is 1.26 bits per heavy atom. The summed E-state index contributed by atoms with van der Waals surface area (Å²) in [6, 6.07) is 11.3. The molecule has 2 heterocycles. The molecule has 0 saturated carbocycles. The minimum absolute atomic E-state index is 0.219. The molecule has 0 unspecified atom stereocenters. The van der Waals surface area contributed by atoms with Gasteiger partial charge in [0.1, 0.15) is 5.76 Å². The van der Waals surface area contributed by atoms with Gasteiger partial charge in [0.05, 0.1) is 17.5 Å². The summed E-state index contributed by atoms with van der Waals surface area (Å²) in [5, 5.41) is 12.6. The minimum Gasteiger partial charge on any atom is -0.456 e. The first-order valence-corrected chi connectivity index (χ1v) is 8.09. The van der Waals surface area contributed by atoms with Crippen LogP contribution in [0.15, 0.2) is 40.8 Å². The van der Waals surface area contributed by atoms with Crippen LogP contribution in [0.5, 0.6) is 0 Å². The van der Waals surface area contributed by atoms with Crippen LogP contribution >= 0.6 is 0 Å². The van der Waals surface area contributed by atoms with Crippen LogP contribution in [0.1, 0.15) is 36.1 Å². The van der Waals surface area contributed by atoms with Gasteiger partial charge in [-0.3, -0.25) is 4.79 Å². The number of furan rings is 1. The number of aliphatic hydroxyl groups is 1. The smallest absolute Gasteiger partial charge is 0.291 e. The fourth-order valence-corrected chi connectivity index (χ4v) is 2.84. The molecule has 1 aromatic heterocycles. The lowest BCUT2D eigenvalue weighted by Crippen LogP contribution is -2.36. The summed E-state index contributed by atoms with van der Waals surface area (Å²) in [7, 11) is 0. The van der Waals surface area contributed by atoms with E-state index in [9.17, 15) is 9.90 Å². The monoisotopic (exact) mass is 314 g/mol. The van der Waals surface area contributed by atoms with Gasteiger partial charge in [0.15, 0.2) is 5.76 Å². The normalized spacial score (nSPS) is 15.7. The number of carbonyl (C=O) groups excluding carboxylic acids is 1. The van der Waals surface area contributed by atoms with E-state index in [0.29, 0.717) is 5.76 Å². The van der Waals surface area contributed by atoms with Gasteiger partial charge in [0.25, 0.3) is 5.91 Å². The van der Waals surface area contributed by atoms with Crippen molar-refractivity contribution in [2.75, 3.05) is 23.3 Å². The molecule has 1 amide bonds. The van der Waals surface area contributed by atoms with Crippen LogP contribution in [-0.2, 0) is 6.42 Å². The third-order valence-electron chi connectivity index (χ3n) is 4.19. The summed E-state index contributed by atoms with van der Waals surface area (Å²) >= 11 is 0. The van der Waals surface area contributed by atoms with Crippen LogP contribution in [0.3, 0.4) is 0 Å². The van der Waals surface area contributed by atoms with Crippen molar-refractivity contribution >= 4 is 17.3 Å². The van der Waals surface area contributed by atoms with Crippen LogP contribution in [0, 0.1) is 0 Å². The van der Waals surface area contributed by atoms with Crippen molar-refractivity contribution in [1.29, 1.82) is 0 Å². The Morgan fingerprint density at radius 2 is 2.00 bits per heavy atom. The molecule has 3 rings (SSSR count). The average Bonchev–Trinajstić information content (AvgIpc) is 3.05. The maximum Gasteiger partial charge on any atom is 0.291 e. The Bertz CT molecular complexity index is 672. The number of aliphatic hydroxyl groups excluding tert-OH is 1.